The highest BCUT2D eigenvalue weighted by atomic mass is 79.9. The maximum absolute atomic E-state index is 13.5. The minimum Gasteiger partial charge on any atom is -0.490 e. The zero-order valence-corrected chi connectivity index (χ0v) is 13.4. The van der Waals surface area contributed by atoms with Gasteiger partial charge in [0.15, 0.2) is 0 Å². The van der Waals surface area contributed by atoms with Crippen LogP contribution in [0.2, 0.25) is 0 Å². The van der Waals surface area contributed by atoms with Gasteiger partial charge >= 0.3 is 0 Å². The van der Waals surface area contributed by atoms with Crippen LogP contribution in [-0.2, 0) is 6.54 Å². The van der Waals surface area contributed by atoms with Gasteiger partial charge in [-0.3, -0.25) is 0 Å². The summed E-state index contributed by atoms with van der Waals surface area (Å²) in [5.41, 5.74) is 2.89. The fraction of sp³-hybridized carbons (Fsp3) is 0.176. The molecular weight excluding hydrogens is 333 g/mol. The highest BCUT2D eigenvalue weighted by Gasteiger charge is 2.05. The van der Waals surface area contributed by atoms with Crippen LogP contribution in [0.1, 0.15) is 11.1 Å². The van der Waals surface area contributed by atoms with Crippen molar-refractivity contribution in [1.82, 2.24) is 0 Å². The van der Waals surface area contributed by atoms with Crippen LogP contribution in [0.25, 0.3) is 0 Å². The van der Waals surface area contributed by atoms with Gasteiger partial charge in [-0.1, -0.05) is 24.8 Å². The standard InChI is InChI=1S/C17H17BrFNO/c1-3-8-21-14-6-4-13(5-7-14)11-20-17-10-16(19)15(18)9-12(17)2/h3-7,9-10,20H,1,8,11H2,2H3. The third-order valence-electron chi connectivity index (χ3n) is 3.04. The Morgan fingerprint density at radius 3 is 2.67 bits per heavy atom. The van der Waals surface area contributed by atoms with E-state index in [0.717, 1.165) is 22.6 Å². The molecule has 0 fully saturated rings. The lowest BCUT2D eigenvalue weighted by Gasteiger charge is -2.11. The van der Waals surface area contributed by atoms with Crippen LogP contribution in [0.15, 0.2) is 53.5 Å². The lowest BCUT2D eigenvalue weighted by Crippen LogP contribution is -2.02. The van der Waals surface area contributed by atoms with E-state index in [-0.39, 0.29) is 5.82 Å². The van der Waals surface area contributed by atoms with Crippen LogP contribution in [0.5, 0.6) is 5.75 Å². The van der Waals surface area contributed by atoms with Crippen LogP contribution < -0.4 is 10.1 Å². The van der Waals surface area contributed by atoms with Gasteiger partial charge in [0.1, 0.15) is 18.2 Å². The van der Waals surface area contributed by atoms with E-state index in [9.17, 15) is 4.39 Å². The fourth-order valence-corrected chi connectivity index (χ4v) is 2.35. The second-order valence-corrected chi connectivity index (χ2v) is 5.53. The average Bonchev–Trinajstić information content (AvgIpc) is 2.48. The number of halogens is 2. The normalized spacial score (nSPS) is 10.2. The number of benzene rings is 2. The van der Waals surface area contributed by atoms with Gasteiger partial charge in [0, 0.05) is 12.2 Å². The molecule has 21 heavy (non-hydrogen) atoms. The molecule has 0 bridgehead atoms. The molecule has 0 aliphatic rings. The first-order valence-corrected chi connectivity index (χ1v) is 7.41. The lowest BCUT2D eigenvalue weighted by atomic mass is 10.1. The van der Waals surface area contributed by atoms with Crippen molar-refractivity contribution in [3.8, 4) is 5.75 Å². The monoisotopic (exact) mass is 349 g/mol. The van der Waals surface area contributed by atoms with Gasteiger partial charge in [-0.15, -0.1) is 0 Å². The lowest BCUT2D eigenvalue weighted by molar-refractivity contribution is 0.363. The average molecular weight is 350 g/mol. The Kier molecular flexibility index (Phi) is 5.39. The molecule has 0 radical (unpaired) electrons. The van der Waals surface area contributed by atoms with E-state index in [4.69, 9.17) is 4.74 Å². The van der Waals surface area contributed by atoms with Crippen molar-refractivity contribution < 1.29 is 9.13 Å². The molecule has 2 aromatic carbocycles. The number of aryl methyl sites for hydroxylation is 1. The molecule has 0 spiro atoms. The zero-order chi connectivity index (χ0) is 15.2. The first-order valence-electron chi connectivity index (χ1n) is 6.62. The maximum Gasteiger partial charge on any atom is 0.139 e. The Morgan fingerprint density at radius 2 is 2.00 bits per heavy atom. The molecule has 0 atom stereocenters. The van der Waals surface area contributed by atoms with E-state index in [1.807, 2.05) is 31.2 Å². The Morgan fingerprint density at radius 1 is 1.29 bits per heavy atom. The van der Waals surface area contributed by atoms with E-state index in [1.165, 1.54) is 6.07 Å². The maximum atomic E-state index is 13.5. The molecule has 4 heteroatoms. The zero-order valence-electron chi connectivity index (χ0n) is 11.8. The highest BCUT2D eigenvalue weighted by Crippen LogP contribution is 2.24. The van der Waals surface area contributed by atoms with Gasteiger partial charge in [-0.05, 0) is 58.2 Å². The molecule has 2 rings (SSSR count). The number of ether oxygens (including phenoxy) is 1. The van der Waals surface area contributed by atoms with Gasteiger partial charge in [-0.2, -0.15) is 0 Å². The number of anilines is 1. The summed E-state index contributed by atoms with van der Waals surface area (Å²) >= 11 is 3.18. The van der Waals surface area contributed by atoms with Gasteiger partial charge in [0.25, 0.3) is 0 Å². The number of rotatable bonds is 6. The molecule has 0 saturated heterocycles. The first-order chi connectivity index (χ1) is 10.1. The second kappa shape index (κ2) is 7.27. The predicted octanol–water partition coefficient (Wildman–Crippen LogP) is 5.07. The topological polar surface area (TPSA) is 21.3 Å². The number of nitrogens with one attached hydrogen (secondary N) is 1. The summed E-state index contributed by atoms with van der Waals surface area (Å²) in [4.78, 5) is 0. The molecule has 0 aromatic heterocycles. The number of hydrogen-bond acceptors (Lipinski definition) is 2. The smallest absolute Gasteiger partial charge is 0.139 e. The SMILES string of the molecule is C=CCOc1ccc(CNc2cc(F)c(Br)cc2C)cc1. The third kappa shape index (κ3) is 4.33. The summed E-state index contributed by atoms with van der Waals surface area (Å²) in [5, 5.41) is 3.24. The highest BCUT2D eigenvalue weighted by molar-refractivity contribution is 9.10. The van der Waals surface area contributed by atoms with Crippen LogP contribution in [-0.4, -0.2) is 6.61 Å². The van der Waals surface area contributed by atoms with Crippen LogP contribution >= 0.6 is 15.9 Å². The van der Waals surface area contributed by atoms with E-state index in [0.29, 0.717) is 17.6 Å². The molecule has 0 heterocycles. The molecule has 0 aliphatic heterocycles. The van der Waals surface area contributed by atoms with Crippen molar-refractivity contribution in [3.63, 3.8) is 0 Å². The summed E-state index contributed by atoms with van der Waals surface area (Å²) < 4.78 is 19.5. The van der Waals surface area contributed by atoms with Crippen molar-refractivity contribution in [3.05, 3.63) is 70.5 Å². The van der Waals surface area contributed by atoms with Crippen LogP contribution in [0.4, 0.5) is 10.1 Å². The van der Waals surface area contributed by atoms with E-state index in [2.05, 4.69) is 27.8 Å². The summed E-state index contributed by atoms with van der Waals surface area (Å²) in [5.74, 6) is 0.542. The Balaban J connectivity index is 1.99. The van der Waals surface area contributed by atoms with Crippen LogP contribution in [0.3, 0.4) is 0 Å². The quantitative estimate of drug-likeness (QED) is 0.734. The molecule has 0 amide bonds. The summed E-state index contributed by atoms with van der Waals surface area (Å²) in [7, 11) is 0. The summed E-state index contributed by atoms with van der Waals surface area (Å²) in [6.45, 7) is 6.68. The fourth-order valence-electron chi connectivity index (χ4n) is 1.89. The van der Waals surface area contributed by atoms with E-state index < -0.39 is 0 Å². The predicted molar refractivity (Wildman–Crippen MR) is 88.3 cm³/mol. The minimum absolute atomic E-state index is 0.267. The minimum atomic E-state index is -0.267. The van der Waals surface area contributed by atoms with Crippen molar-refractivity contribution >= 4 is 21.6 Å². The van der Waals surface area contributed by atoms with E-state index in [1.54, 1.807) is 12.1 Å². The van der Waals surface area contributed by atoms with Crippen molar-refractivity contribution in [2.75, 3.05) is 11.9 Å². The van der Waals surface area contributed by atoms with Crippen molar-refractivity contribution in [2.45, 2.75) is 13.5 Å². The molecule has 2 aromatic rings. The molecule has 1 N–H and O–H groups in total. The number of hydrogen-bond donors (Lipinski definition) is 1. The Labute approximate surface area is 132 Å². The molecule has 0 unspecified atom stereocenters. The Bertz CT molecular complexity index is 625. The first kappa shape index (κ1) is 15.6. The summed E-state index contributed by atoms with van der Waals surface area (Å²) in [6, 6.07) is 11.1. The third-order valence-corrected chi connectivity index (χ3v) is 3.65. The van der Waals surface area contributed by atoms with Gasteiger partial charge < -0.3 is 10.1 Å². The van der Waals surface area contributed by atoms with Gasteiger partial charge in [0.2, 0.25) is 0 Å². The van der Waals surface area contributed by atoms with Crippen molar-refractivity contribution in [1.29, 1.82) is 0 Å². The molecule has 110 valence electrons. The van der Waals surface area contributed by atoms with Crippen molar-refractivity contribution in [2.24, 2.45) is 0 Å². The second-order valence-electron chi connectivity index (χ2n) is 4.68. The Hall–Kier alpha value is -1.81. The molecule has 2 nitrogen and oxygen atoms in total. The van der Waals surface area contributed by atoms with E-state index >= 15 is 0 Å². The van der Waals surface area contributed by atoms with Crippen LogP contribution in [0, 0.1) is 12.7 Å². The molecular formula is C17H17BrFNO. The largest absolute Gasteiger partial charge is 0.490 e. The molecule has 0 aliphatic carbocycles. The van der Waals surface area contributed by atoms with Gasteiger partial charge in [0.05, 0.1) is 4.47 Å². The van der Waals surface area contributed by atoms with Gasteiger partial charge in [-0.25, -0.2) is 4.39 Å². The summed E-state index contributed by atoms with van der Waals surface area (Å²) in [6.07, 6.45) is 1.71. The molecule has 0 saturated carbocycles.